The topological polar surface area (TPSA) is 55.1 Å². The molecule has 4 aromatic rings. The predicted octanol–water partition coefficient (Wildman–Crippen LogP) is 5.51. The zero-order valence-corrected chi connectivity index (χ0v) is 19.8. The fourth-order valence-corrected chi connectivity index (χ4v) is 4.94. The second-order valence-electron chi connectivity index (χ2n) is 8.39. The van der Waals surface area contributed by atoms with E-state index < -0.39 is 15.1 Å². The van der Waals surface area contributed by atoms with Crippen LogP contribution < -0.4 is 0 Å². The van der Waals surface area contributed by atoms with Crippen LogP contribution in [0.5, 0.6) is 0 Å². The maximum Gasteiger partial charge on any atom is 0.155 e. The Morgan fingerprint density at radius 1 is 1.10 bits per heavy atom. The van der Waals surface area contributed by atoms with E-state index in [9.17, 15) is 9.32 Å². The van der Waals surface area contributed by atoms with Crippen molar-refractivity contribution >= 4 is 26.7 Å². The summed E-state index contributed by atoms with van der Waals surface area (Å²) in [6.07, 6.45) is 3.57. The van der Waals surface area contributed by atoms with Gasteiger partial charge in [-0.25, -0.2) is 4.98 Å². The highest BCUT2D eigenvalue weighted by molar-refractivity contribution is 7.99. The van der Waals surface area contributed by atoms with Crippen LogP contribution in [0.4, 0.5) is 0 Å². The number of aromatic nitrogens is 2. The number of hydrogen-bond donors (Lipinski definition) is 1. The van der Waals surface area contributed by atoms with E-state index in [1.807, 2.05) is 52.5 Å². The predicted molar refractivity (Wildman–Crippen MR) is 132 cm³/mol. The molecule has 0 aliphatic heterocycles. The summed E-state index contributed by atoms with van der Waals surface area (Å²) < 4.78 is 14.4. The minimum Gasteiger partial charge on any atom is -0.384 e. The fourth-order valence-electron chi connectivity index (χ4n) is 3.49. The lowest BCUT2D eigenvalue weighted by Crippen LogP contribution is -2.15. The Labute approximate surface area is 187 Å². The Bertz CT molecular complexity index is 1340. The van der Waals surface area contributed by atoms with Crippen LogP contribution in [-0.4, -0.2) is 31.0 Å². The summed E-state index contributed by atoms with van der Waals surface area (Å²) in [5, 5.41) is 12.5. The maximum absolute atomic E-state index is 12.4. The summed E-state index contributed by atoms with van der Waals surface area (Å²) >= 11 is 1.62. The van der Waals surface area contributed by atoms with Crippen LogP contribution in [0.25, 0.3) is 27.5 Å². The van der Waals surface area contributed by atoms with Gasteiger partial charge < -0.3 is 5.11 Å². The normalized spacial score (nSPS) is 13.8. The monoisotopic (exact) mass is 450 g/mol. The third-order valence-corrected chi connectivity index (χ3v) is 7.31. The summed E-state index contributed by atoms with van der Waals surface area (Å²) in [6, 6.07) is 18.0. The molecule has 4 nitrogen and oxygen atoms in total. The van der Waals surface area contributed by atoms with Gasteiger partial charge in [-0.3, -0.25) is 8.78 Å². The summed E-state index contributed by atoms with van der Waals surface area (Å²) in [6.45, 7) is 5.55. The molecule has 2 heterocycles. The minimum absolute atomic E-state index is 0.625. The quantitative estimate of drug-likeness (QED) is 0.408. The van der Waals surface area contributed by atoms with Gasteiger partial charge in [0.1, 0.15) is 5.60 Å². The molecule has 6 heteroatoms. The van der Waals surface area contributed by atoms with Crippen molar-refractivity contribution < 1.29 is 9.32 Å². The first-order valence-electron chi connectivity index (χ1n) is 9.94. The molecule has 0 radical (unpaired) electrons. The number of aliphatic hydroxyl groups is 1. The van der Waals surface area contributed by atoms with Gasteiger partial charge >= 0.3 is 0 Å². The number of benzene rings is 2. The summed E-state index contributed by atoms with van der Waals surface area (Å²) in [5.41, 5.74) is 3.72. The van der Waals surface area contributed by atoms with Crippen LogP contribution >= 0.6 is 11.3 Å². The molecule has 0 amide bonds. The number of thiophene rings is 1. The molecular weight excluding hydrogens is 424 g/mol. The molecule has 1 unspecified atom stereocenters. The first-order valence-corrected chi connectivity index (χ1v) is 13.0. The highest BCUT2D eigenvalue weighted by Crippen LogP contribution is 2.33. The smallest absolute Gasteiger partial charge is 0.155 e. The molecule has 0 aliphatic rings. The molecule has 2 aromatic carbocycles. The van der Waals surface area contributed by atoms with Crippen molar-refractivity contribution in [3.63, 3.8) is 0 Å². The SMILES string of the molecule is C=S(C)(=O)c1cccc(-c2ccc(-n3cc(C(C)(C)O)nc3-c3cccs3)c(C)c2)c1. The molecule has 0 saturated carbocycles. The van der Waals surface area contributed by atoms with Gasteiger partial charge in [-0.1, -0.05) is 24.3 Å². The number of rotatable bonds is 5. The minimum atomic E-state index is -2.27. The van der Waals surface area contributed by atoms with Crippen LogP contribution in [0.15, 0.2) is 71.1 Å². The highest BCUT2D eigenvalue weighted by atomic mass is 32.2. The Morgan fingerprint density at radius 2 is 1.84 bits per heavy atom. The van der Waals surface area contributed by atoms with E-state index in [-0.39, 0.29) is 0 Å². The zero-order chi connectivity index (χ0) is 22.4. The Morgan fingerprint density at radius 3 is 2.45 bits per heavy atom. The van der Waals surface area contributed by atoms with Gasteiger partial charge in [-0.15, -0.1) is 11.3 Å². The molecule has 31 heavy (non-hydrogen) atoms. The molecule has 1 atom stereocenters. The molecule has 0 aliphatic carbocycles. The lowest BCUT2D eigenvalue weighted by Gasteiger charge is -2.14. The zero-order valence-electron chi connectivity index (χ0n) is 18.1. The van der Waals surface area contributed by atoms with Crippen LogP contribution in [0.3, 0.4) is 0 Å². The van der Waals surface area contributed by atoms with E-state index in [1.165, 1.54) is 0 Å². The van der Waals surface area contributed by atoms with Gasteiger partial charge in [0.25, 0.3) is 0 Å². The van der Waals surface area contributed by atoms with Crippen molar-refractivity contribution in [3.05, 3.63) is 77.4 Å². The van der Waals surface area contributed by atoms with Gasteiger partial charge in [-0.2, -0.15) is 0 Å². The highest BCUT2D eigenvalue weighted by Gasteiger charge is 2.23. The fraction of sp³-hybridized carbons (Fsp3) is 0.200. The van der Waals surface area contributed by atoms with Crippen LogP contribution in [0, 0.1) is 6.92 Å². The molecule has 4 rings (SSSR count). The van der Waals surface area contributed by atoms with E-state index in [0.29, 0.717) is 5.69 Å². The Kier molecular flexibility index (Phi) is 5.41. The summed E-state index contributed by atoms with van der Waals surface area (Å²) in [4.78, 5) is 6.53. The third-order valence-electron chi connectivity index (χ3n) is 5.20. The molecule has 0 bridgehead atoms. The molecule has 1 N–H and O–H groups in total. The average molecular weight is 451 g/mol. The van der Waals surface area contributed by atoms with E-state index in [2.05, 4.69) is 31.0 Å². The molecule has 160 valence electrons. The van der Waals surface area contributed by atoms with Crippen molar-refractivity contribution in [1.82, 2.24) is 9.55 Å². The standard InChI is InChI=1S/C25H26N2O2S2/c1-17-14-19(18-8-6-9-20(15-18)31(4,5)29)11-12-21(17)27-16-23(25(2,3)28)26-24(27)22-10-7-13-30-22/h6-16,28H,4H2,1-3,5H3. The first-order chi connectivity index (χ1) is 14.5. The van der Waals surface area contributed by atoms with Gasteiger partial charge in [0.2, 0.25) is 0 Å². The molecule has 0 spiro atoms. The van der Waals surface area contributed by atoms with Crippen molar-refractivity contribution in [2.24, 2.45) is 0 Å². The lowest BCUT2D eigenvalue weighted by atomic mass is 10.0. The average Bonchev–Trinajstić information content (AvgIpc) is 3.36. The van der Waals surface area contributed by atoms with E-state index in [4.69, 9.17) is 4.98 Å². The van der Waals surface area contributed by atoms with Crippen LogP contribution in [-0.2, 0) is 15.1 Å². The third kappa shape index (κ3) is 4.37. The van der Waals surface area contributed by atoms with Crippen molar-refractivity contribution in [2.45, 2.75) is 31.3 Å². The van der Waals surface area contributed by atoms with Crippen molar-refractivity contribution in [2.75, 3.05) is 6.26 Å². The van der Waals surface area contributed by atoms with Gasteiger partial charge in [0.05, 0.1) is 16.3 Å². The molecule has 0 fully saturated rings. The van der Waals surface area contributed by atoms with Gasteiger partial charge in [0, 0.05) is 17.3 Å². The van der Waals surface area contributed by atoms with E-state index in [0.717, 1.165) is 38.0 Å². The first kappa shape index (κ1) is 21.6. The summed E-state index contributed by atoms with van der Waals surface area (Å²) in [5.74, 6) is 4.61. The number of aryl methyl sites for hydroxylation is 1. The Hall–Kier alpha value is -2.67. The lowest BCUT2D eigenvalue weighted by molar-refractivity contribution is 0.0743. The second kappa shape index (κ2) is 7.79. The number of nitrogens with zero attached hydrogens (tertiary/aromatic N) is 2. The Balaban J connectivity index is 1.82. The number of imidazole rings is 1. The van der Waals surface area contributed by atoms with Gasteiger partial charge in [-0.05, 0) is 88.6 Å². The summed E-state index contributed by atoms with van der Waals surface area (Å²) in [7, 11) is -2.27. The van der Waals surface area contributed by atoms with Crippen molar-refractivity contribution in [1.29, 1.82) is 0 Å². The number of hydrogen-bond acceptors (Lipinski definition) is 4. The van der Waals surface area contributed by atoms with Gasteiger partial charge in [0.15, 0.2) is 5.82 Å². The van der Waals surface area contributed by atoms with Crippen LogP contribution in [0.1, 0.15) is 25.1 Å². The molecule has 0 saturated heterocycles. The molecule has 2 aromatic heterocycles. The van der Waals surface area contributed by atoms with E-state index >= 15 is 0 Å². The largest absolute Gasteiger partial charge is 0.384 e. The molecular formula is C25H26N2O2S2. The maximum atomic E-state index is 12.4. The van der Waals surface area contributed by atoms with Crippen LogP contribution in [0.2, 0.25) is 0 Å². The van der Waals surface area contributed by atoms with E-state index in [1.54, 1.807) is 31.4 Å². The van der Waals surface area contributed by atoms with Crippen molar-refractivity contribution in [3.8, 4) is 27.5 Å². The second-order valence-corrected chi connectivity index (χ2v) is 11.8.